The number of fused-ring (bicyclic) bond motifs is 1. The highest BCUT2D eigenvalue weighted by molar-refractivity contribution is 5.94. The van der Waals surface area contributed by atoms with Gasteiger partial charge in [0, 0.05) is 32.9 Å². The molecule has 3 aliphatic rings. The van der Waals surface area contributed by atoms with Crippen molar-refractivity contribution in [1.29, 1.82) is 0 Å². The highest BCUT2D eigenvalue weighted by atomic mass is 16.5. The molecular weight excluding hydrogens is 318 g/mol. The Bertz CT molecular complexity index is 600. The zero-order chi connectivity index (χ0) is 17.2. The molecule has 1 saturated carbocycles. The second-order valence-corrected chi connectivity index (χ2v) is 7.25. The number of carbonyl (C=O) groups is 1. The van der Waals surface area contributed by atoms with E-state index < -0.39 is 0 Å². The summed E-state index contributed by atoms with van der Waals surface area (Å²) in [5.41, 5.74) is 0.670. The van der Waals surface area contributed by atoms with Crippen molar-refractivity contribution in [2.24, 2.45) is 0 Å². The first-order valence-electron chi connectivity index (χ1n) is 9.42. The van der Waals surface area contributed by atoms with Crippen molar-refractivity contribution < 1.29 is 14.3 Å². The summed E-state index contributed by atoms with van der Waals surface area (Å²) < 4.78 is 11.4. The molecule has 2 aliphatic heterocycles. The number of aromatic nitrogens is 1. The minimum Gasteiger partial charge on any atom is -0.381 e. The number of ether oxygens (including phenoxy) is 2. The third-order valence-corrected chi connectivity index (χ3v) is 5.79. The molecule has 1 aliphatic carbocycles. The summed E-state index contributed by atoms with van der Waals surface area (Å²) in [5.74, 6) is 1.04. The fourth-order valence-electron chi connectivity index (χ4n) is 4.35. The summed E-state index contributed by atoms with van der Waals surface area (Å²) >= 11 is 0. The van der Waals surface area contributed by atoms with Gasteiger partial charge in [-0.3, -0.25) is 4.79 Å². The number of carbonyl (C=O) groups excluding carboxylic acids is 1. The Morgan fingerprint density at radius 3 is 2.80 bits per heavy atom. The van der Waals surface area contributed by atoms with Gasteiger partial charge in [-0.2, -0.15) is 0 Å². The predicted molar refractivity (Wildman–Crippen MR) is 94.9 cm³/mol. The third-order valence-electron chi connectivity index (χ3n) is 5.79. The van der Waals surface area contributed by atoms with E-state index in [1.165, 1.54) is 12.8 Å². The van der Waals surface area contributed by atoms with E-state index in [0.29, 0.717) is 18.7 Å². The molecule has 6 nitrogen and oxygen atoms in total. The average molecular weight is 345 g/mol. The first-order chi connectivity index (χ1) is 12.3. The van der Waals surface area contributed by atoms with Crippen molar-refractivity contribution in [3.05, 3.63) is 23.9 Å². The smallest absolute Gasteiger partial charge is 0.255 e. The quantitative estimate of drug-likeness (QED) is 0.840. The molecule has 1 amide bonds. The van der Waals surface area contributed by atoms with Gasteiger partial charge < -0.3 is 19.3 Å². The van der Waals surface area contributed by atoms with Crippen LogP contribution in [0.15, 0.2) is 18.3 Å². The molecule has 6 heteroatoms. The van der Waals surface area contributed by atoms with Crippen molar-refractivity contribution >= 4 is 11.7 Å². The Morgan fingerprint density at radius 1 is 1.24 bits per heavy atom. The van der Waals surface area contributed by atoms with Crippen LogP contribution in [-0.2, 0) is 9.47 Å². The van der Waals surface area contributed by atoms with E-state index in [1.807, 2.05) is 17.0 Å². The lowest BCUT2D eigenvalue weighted by Gasteiger charge is -2.45. The van der Waals surface area contributed by atoms with Gasteiger partial charge in [-0.25, -0.2) is 4.98 Å². The summed E-state index contributed by atoms with van der Waals surface area (Å²) in [7, 11) is 1.75. The fraction of sp³-hybridized carbons (Fsp3) is 0.684. The molecule has 25 heavy (non-hydrogen) atoms. The third kappa shape index (κ3) is 3.37. The fourth-order valence-corrected chi connectivity index (χ4v) is 4.35. The molecule has 0 aromatic carbocycles. The predicted octanol–water partition coefficient (Wildman–Crippen LogP) is 2.09. The second-order valence-electron chi connectivity index (χ2n) is 7.25. The summed E-state index contributed by atoms with van der Waals surface area (Å²) in [5, 5.41) is 0. The number of morpholine rings is 1. The van der Waals surface area contributed by atoms with E-state index in [9.17, 15) is 4.79 Å². The Balaban J connectivity index is 1.48. The standard InChI is InChI=1S/C19H27N3O3/c1-24-15-5-6-17-16(12-15)22(10-11-25-17)19(23)14-4-7-18(20-13-14)21-8-2-3-9-21/h4,7,13,15-17H,2-3,5-6,8-12H2,1H3. The molecule has 0 bridgehead atoms. The van der Waals surface area contributed by atoms with Crippen LogP contribution in [0.2, 0.25) is 0 Å². The second kappa shape index (κ2) is 7.30. The van der Waals surface area contributed by atoms with Gasteiger partial charge in [0.25, 0.3) is 5.91 Å². The summed E-state index contributed by atoms with van der Waals surface area (Å²) in [6, 6.07) is 4.01. The van der Waals surface area contributed by atoms with E-state index in [0.717, 1.165) is 38.2 Å². The van der Waals surface area contributed by atoms with Crippen LogP contribution in [0.5, 0.6) is 0 Å². The van der Waals surface area contributed by atoms with Crippen LogP contribution in [0.1, 0.15) is 42.5 Å². The molecule has 1 aromatic heterocycles. The number of anilines is 1. The molecule has 3 fully saturated rings. The minimum atomic E-state index is 0.0653. The van der Waals surface area contributed by atoms with Crippen LogP contribution < -0.4 is 4.90 Å². The van der Waals surface area contributed by atoms with Crippen LogP contribution in [0.25, 0.3) is 0 Å². The molecule has 0 spiro atoms. The monoisotopic (exact) mass is 345 g/mol. The minimum absolute atomic E-state index is 0.0653. The molecule has 3 heterocycles. The lowest BCUT2D eigenvalue weighted by molar-refractivity contribution is -0.101. The van der Waals surface area contributed by atoms with Crippen LogP contribution in [0, 0.1) is 0 Å². The molecule has 3 atom stereocenters. The number of nitrogens with zero attached hydrogens (tertiary/aromatic N) is 3. The zero-order valence-electron chi connectivity index (χ0n) is 14.9. The van der Waals surface area contributed by atoms with E-state index in [4.69, 9.17) is 9.47 Å². The van der Waals surface area contributed by atoms with E-state index in [2.05, 4.69) is 9.88 Å². The van der Waals surface area contributed by atoms with Crippen molar-refractivity contribution in [2.45, 2.75) is 50.4 Å². The van der Waals surface area contributed by atoms with Crippen LogP contribution in [0.4, 0.5) is 5.82 Å². The molecule has 136 valence electrons. The molecule has 1 aromatic rings. The van der Waals surface area contributed by atoms with E-state index in [-0.39, 0.29) is 24.2 Å². The highest BCUT2D eigenvalue weighted by Gasteiger charge is 2.40. The van der Waals surface area contributed by atoms with Gasteiger partial charge >= 0.3 is 0 Å². The molecule has 0 radical (unpaired) electrons. The van der Waals surface area contributed by atoms with Crippen LogP contribution in [0.3, 0.4) is 0 Å². The summed E-state index contributed by atoms with van der Waals surface area (Å²) in [4.78, 5) is 21.9. The van der Waals surface area contributed by atoms with Gasteiger partial charge in [-0.15, -0.1) is 0 Å². The Morgan fingerprint density at radius 2 is 2.08 bits per heavy atom. The van der Waals surface area contributed by atoms with Gasteiger partial charge in [0.2, 0.25) is 0 Å². The first-order valence-corrected chi connectivity index (χ1v) is 9.42. The van der Waals surface area contributed by atoms with Gasteiger partial charge in [-0.05, 0) is 44.2 Å². The van der Waals surface area contributed by atoms with Gasteiger partial charge in [-0.1, -0.05) is 0 Å². The maximum atomic E-state index is 13.1. The number of amides is 1. The molecule has 0 N–H and O–H groups in total. The normalized spacial score (nSPS) is 29.6. The van der Waals surface area contributed by atoms with Crippen LogP contribution in [-0.4, -0.2) is 67.4 Å². The highest BCUT2D eigenvalue weighted by Crippen LogP contribution is 2.31. The molecule has 2 saturated heterocycles. The maximum absolute atomic E-state index is 13.1. The molecule has 4 rings (SSSR count). The number of pyridine rings is 1. The molecular formula is C19H27N3O3. The summed E-state index contributed by atoms with van der Waals surface area (Å²) in [6.45, 7) is 3.38. The van der Waals surface area contributed by atoms with E-state index in [1.54, 1.807) is 13.3 Å². The zero-order valence-corrected chi connectivity index (χ0v) is 14.9. The van der Waals surface area contributed by atoms with Crippen LogP contribution >= 0.6 is 0 Å². The number of hydrogen-bond acceptors (Lipinski definition) is 5. The lowest BCUT2D eigenvalue weighted by Crippen LogP contribution is -2.56. The van der Waals surface area contributed by atoms with Gasteiger partial charge in [0.15, 0.2) is 0 Å². The number of hydrogen-bond donors (Lipinski definition) is 0. The maximum Gasteiger partial charge on any atom is 0.255 e. The Hall–Kier alpha value is -1.66. The Labute approximate surface area is 149 Å². The van der Waals surface area contributed by atoms with Gasteiger partial charge in [0.05, 0.1) is 30.4 Å². The van der Waals surface area contributed by atoms with Crippen molar-refractivity contribution in [3.8, 4) is 0 Å². The average Bonchev–Trinajstić information content (AvgIpc) is 3.21. The number of rotatable bonds is 3. The molecule has 3 unspecified atom stereocenters. The van der Waals surface area contributed by atoms with E-state index >= 15 is 0 Å². The summed E-state index contributed by atoms with van der Waals surface area (Å²) in [6.07, 6.45) is 7.35. The lowest BCUT2D eigenvalue weighted by atomic mass is 9.87. The van der Waals surface area contributed by atoms with Crippen molar-refractivity contribution in [2.75, 3.05) is 38.3 Å². The number of methoxy groups -OCH3 is 1. The van der Waals surface area contributed by atoms with Crippen molar-refractivity contribution in [1.82, 2.24) is 9.88 Å². The van der Waals surface area contributed by atoms with Gasteiger partial charge in [0.1, 0.15) is 5.82 Å². The van der Waals surface area contributed by atoms with Crippen molar-refractivity contribution in [3.63, 3.8) is 0 Å². The Kier molecular flexibility index (Phi) is 4.90. The first kappa shape index (κ1) is 16.8. The largest absolute Gasteiger partial charge is 0.381 e. The topological polar surface area (TPSA) is 54.9 Å². The SMILES string of the molecule is COC1CCC2OCCN(C(=O)c3ccc(N4CCCC4)nc3)C2C1.